The van der Waals surface area contributed by atoms with Gasteiger partial charge in [0.15, 0.2) is 5.16 Å². The lowest BCUT2D eigenvalue weighted by atomic mass is 10.2. The first-order chi connectivity index (χ1) is 13.1. The molecule has 0 unspecified atom stereocenters. The van der Waals surface area contributed by atoms with Crippen molar-refractivity contribution in [3.8, 4) is 0 Å². The number of thioether (sulfide) groups is 1. The molecule has 0 saturated carbocycles. The van der Waals surface area contributed by atoms with E-state index in [1.54, 1.807) is 43.7 Å². The van der Waals surface area contributed by atoms with Crippen molar-refractivity contribution in [1.29, 1.82) is 0 Å². The summed E-state index contributed by atoms with van der Waals surface area (Å²) in [5.74, 6) is 0.584. The predicted molar refractivity (Wildman–Crippen MR) is 104 cm³/mol. The Labute approximate surface area is 164 Å². The fourth-order valence-electron chi connectivity index (χ4n) is 2.46. The summed E-state index contributed by atoms with van der Waals surface area (Å²) in [6.45, 7) is 1.09. The number of carbonyl (C=O) groups excluding carboxylic acids is 1. The summed E-state index contributed by atoms with van der Waals surface area (Å²) in [7, 11) is 1.57. The molecule has 0 radical (unpaired) electrons. The third-order valence-corrected chi connectivity index (χ3v) is 4.95. The van der Waals surface area contributed by atoms with Crippen LogP contribution in [-0.4, -0.2) is 41.5 Å². The number of nitrogens with one attached hydrogen (secondary N) is 1. The van der Waals surface area contributed by atoms with Crippen molar-refractivity contribution < 1.29 is 13.9 Å². The summed E-state index contributed by atoms with van der Waals surface area (Å²) >= 11 is 7.21. The molecule has 0 bridgehead atoms. The van der Waals surface area contributed by atoms with Gasteiger partial charge in [-0.1, -0.05) is 23.4 Å². The second kappa shape index (κ2) is 9.07. The average molecular weight is 408 g/mol. The van der Waals surface area contributed by atoms with Gasteiger partial charge in [-0.3, -0.25) is 14.2 Å². The van der Waals surface area contributed by atoms with Gasteiger partial charge in [0.2, 0.25) is 5.91 Å². The normalized spacial score (nSPS) is 11.0. The number of aromatic nitrogens is 2. The van der Waals surface area contributed by atoms with Crippen molar-refractivity contribution in [2.45, 2.75) is 11.7 Å². The molecule has 0 spiro atoms. The number of benzene rings is 1. The molecule has 27 heavy (non-hydrogen) atoms. The molecule has 3 aromatic rings. The number of hydrogen-bond acceptors (Lipinski definition) is 6. The Balaban J connectivity index is 1.90. The van der Waals surface area contributed by atoms with Crippen LogP contribution in [0.3, 0.4) is 0 Å². The second-order valence-corrected chi connectivity index (χ2v) is 7.04. The zero-order valence-electron chi connectivity index (χ0n) is 14.6. The highest BCUT2D eigenvalue weighted by Gasteiger charge is 2.15. The maximum absolute atomic E-state index is 13.0. The van der Waals surface area contributed by atoms with Gasteiger partial charge in [-0.15, -0.1) is 0 Å². The molecule has 0 fully saturated rings. The Bertz CT molecular complexity index is 988. The predicted octanol–water partition coefficient (Wildman–Crippen LogP) is 2.55. The first kappa shape index (κ1) is 19.5. The molecule has 0 aliphatic carbocycles. The standard InChI is InChI=1S/C18H18ClN3O4S/c1-25-8-6-20-16(23)11-27-18-21-15-9-12(19)4-5-14(15)17(24)22(18)10-13-3-2-7-26-13/h2-5,7,9H,6,8,10-11H2,1H3,(H,20,23). The van der Waals surface area contributed by atoms with E-state index in [0.717, 1.165) is 0 Å². The van der Waals surface area contributed by atoms with E-state index in [9.17, 15) is 9.59 Å². The summed E-state index contributed by atoms with van der Waals surface area (Å²) in [5, 5.41) is 4.11. The van der Waals surface area contributed by atoms with Crippen molar-refractivity contribution in [2.75, 3.05) is 26.0 Å². The van der Waals surface area contributed by atoms with E-state index >= 15 is 0 Å². The van der Waals surface area contributed by atoms with Crippen molar-refractivity contribution in [3.05, 3.63) is 57.7 Å². The van der Waals surface area contributed by atoms with Crippen LogP contribution in [0.2, 0.25) is 5.02 Å². The van der Waals surface area contributed by atoms with Gasteiger partial charge in [0.1, 0.15) is 5.76 Å². The summed E-state index contributed by atoms with van der Waals surface area (Å²) in [6.07, 6.45) is 1.55. The van der Waals surface area contributed by atoms with Crippen molar-refractivity contribution >= 4 is 40.2 Å². The minimum atomic E-state index is -0.213. The quantitative estimate of drug-likeness (QED) is 0.351. The molecule has 1 N–H and O–H groups in total. The minimum absolute atomic E-state index is 0.125. The van der Waals surface area contributed by atoms with Crippen LogP contribution in [0.15, 0.2) is 51.0 Å². The summed E-state index contributed by atoms with van der Waals surface area (Å²) in [4.78, 5) is 29.5. The van der Waals surface area contributed by atoms with E-state index in [2.05, 4.69) is 10.3 Å². The number of rotatable bonds is 8. The van der Waals surface area contributed by atoms with Crippen LogP contribution >= 0.6 is 23.4 Å². The fraction of sp³-hybridized carbons (Fsp3) is 0.278. The Morgan fingerprint density at radius 2 is 2.26 bits per heavy atom. The van der Waals surface area contributed by atoms with E-state index in [-0.39, 0.29) is 23.8 Å². The van der Waals surface area contributed by atoms with Gasteiger partial charge in [0.05, 0.1) is 36.1 Å². The monoisotopic (exact) mass is 407 g/mol. The molecule has 142 valence electrons. The highest BCUT2D eigenvalue weighted by molar-refractivity contribution is 7.99. The van der Waals surface area contributed by atoms with Crippen LogP contribution in [0.4, 0.5) is 0 Å². The number of hydrogen-bond donors (Lipinski definition) is 1. The lowest BCUT2D eigenvalue weighted by Gasteiger charge is -2.12. The number of furan rings is 1. The number of amides is 1. The zero-order valence-corrected chi connectivity index (χ0v) is 16.2. The molecule has 3 rings (SSSR count). The van der Waals surface area contributed by atoms with E-state index in [4.69, 9.17) is 20.8 Å². The molecule has 2 aromatic heterocycles. The molecular formula is C18H18ClN3O4S. The summed E-state index contributed by atoms with van der Waals surface area (Å²) in [5.41, 5.74) is 0.279. The van der Waals surface area contributed by atoms with E-state index in [1.165, 1.54) is 16.3 Å². The van der Waals surface area contributed by atoms with Gasteiger partial charge >= 0.3 is 0 Å². The maximum Gasteiger partial charge on any atom is 0.262 e. The largest absolute Gasteiger partial charge is 0.467 e. The molecule has 7 nitrogen and oxygen atoms in total. The van der Waals surface area contributed by atoms with Crippen LogP contribution in [-0.2, 0) is 16.1 Å². The van der Waals surface area contributed by atoms with Gasteiger partial charge < -0.3 is 14.5 Å². The fourth-order valence-corrected chi connectivity index (χ4v) is 3.45. The number of methoxy groups -OCH3 is 1. The van der Waals surface area contributed by atoms with Gasteiger partial charge in [0.25, 0.3) is 5.56 Å². The van der Waals surface area contributed by atoms with Crippen LogP contribution in [0.1, 0.15) is 5.76 Å². The SMILES string of the molecule is COCCNC(=O)CSc1nc2cc(Cl)ccc2c(=O)n1Cc1ccco1. The third kappa shape index (κ3) is 4.91. The third-order valence-electron chi connectivity index (χ3n) is 3.74. The smallest absolute Gasteiger partial charge is 0.262 e. The Morgan fingerprint density at radius 1 is 1.41 bits per heavy atom. The maximum atomic E-state index is 13.0. The number of nitrogens with zero attached hydrogens (tertiary/aromatic N) is 2. The Morgan fingerprint density at radius 3 is 3.00 bits per heavy atom. The van der Waals surface area contributed by atoms with Crippen molar-refractivity contribution in [3.63, 3.8) is 0 Å². The Kier molecular flexibility index (Phi) is 6.54. The number of halogens is 1. The molecule has 1 amide bonds. The molecule has 2 heterocycles. The highest BCUT2D eigenvalue weighted by atomic mass is 35.5. The lowest BCUT2D eigenvalue weighted by Crippen LogP contribution is -2.29. The lowest BCUT2D eigenvalue weighted by molar-refractivity contribution is -0.118. The van der Waals surface area contributed by atoms with Gasteiger partial charge in [-0.05, 0) is 30.3 Å². The second-order valence-electron chi connectivity index (χ2n) is 5.66. The molecule has 0 aliphatic rings. The average Bonchev–Trinajstić information content (AvgIpc) is 3.16. The Hall–Kier alpha value is -2.29. The molecule has 1 aromatic carbocycles. The van der Waals surface area contributed by atoms with E-state index < -0.39 is 0 Å². The van der Waals surface area contributed by atoms with Crippen molar-refractivity contribution in [2.24, 2.45) is 0 Å². The first-order valence-corrected chi connectivity index (χ1v) is 9.56. The molecular weight excluding hydrogens is 390 g/mol. The van der Waals surface area contributed by atoms with Gasteiger partial charge in [-0.25, -0.2) is 4.98 Å². The minimum Gasteiger partial charge on any atom is -0.467 e. The molecule has 9 heteroatoms. The highest BCUT2D eigenvalue weighted by Crippen LogP contribution is 2.21. The van der Waals surface area contributed by atoms with Gasteiger partial charge in [0, 0.05) is 18.7 Å². The number of carbonyl (C=O) groups is 1. The summed E-state index contributed by atoms with van der Waals surface area (Å²) in [6, 6.07) is 8.48. The van der Waals surface area contributed by atoms with E-state index in [1.807, 2.05) is 0 Å². The van der Waals surface area contributed by atoms with Crippen LogP contribution in [0.5, 0.6) is 0 Å². The first-order valence-electron chi connectivity index (χ1n) is 8.19. The van der Waals surface area contributed by atoms with Crippen LogP contribution in [0, 0.1) is 0 Å². The van der Waals surface area contributed by atoms with Crippen LogP contribution in [0.25, 0.3) is 10.9 Å². The van der Waals surface area contributed by atoms with Crippen LogP contribution < -0.4 is 10.9 Å². The number of fused-ring (bicyclic) bond motifs is 1. The number of ether oxygens (including phenoxy) is 1. The zero-order chi connectivity index (χ0) is 19.2. The van der Waals surface area contributed by atoms with E-state index in [0.29, 0.717) is 40.0 Å². The molecule has 0 aliphatic heterocycles. The van der Waals surface area contributed by atoms with Crippen molar-refractivity contribution in [1.82, 2.24) is 14.9 Å². The van der Waals surface area contributed by atoms with Gasteiger partial charge in [-0.2, -0.15) is 0 Å². The molecule has 0 atom stereocenters. The summed E-state index contributed by atoms with van der Waals surface area (Å²) < 4.78 is 11.8. The topological polar surface area (TPSA) is 86.4 Å². The molecule has 0 saturated heterocycles.